The van der Waals surface area contributed by atoms with Crippen molar-refractivity contribution in [3.8, 4) is 0 Å². The first kappa shape index (κ1) is 12.1. The highest BCUT2D eigenvalue weighted by Gasteiger charge is 2.15. The maximum atomic E-state index is 5.66. The Morgan fingerprint density at radius 3 is 2.13 bits per heavy atom. The molecular weight excluding hydrogens is 182 g/mol. The predicted octanol–water partition coefficient (Wildman–Crippen LogP) is 3.88. The van der Waals surface area contributed by atoms with Crippen molar-refractivity contribution in [3.05, 3.63) is 29.8 Å². The molecule has 1 atom stereocenters. The van der Waals surface area contributed by atoms with Crippen LogP contribution in [0.15, 0.2) is 24.3 Å². The molecule has 1 nitrogen and oxygen atoms in total. The van der Waals surface area contributed by atoms with Crippen molar-refractivity contribution in [1.82, 2.24) is 0 Å². The molecule has 0 bridgehead atoms. The lowest BCUT2D eigenvalue weighted by Crippen LogP contribution is -2.12. The van der Waals surface area contributed by atoms with Crippen LogP contribution in [0.25, 0.3) is 0 Å². The van der Waals surface area contributed by atoms with Crippen molar-refractivity contribution in [3.63, 3.8) is 0 Å². The highest BCUT2D eigenvalue weighted by atomic mass is 14.5. The van der Waals surface area contributed by atoms with Crippen LogP contribution >= 0.6 is 0 Å². The van der Waals surface area contributed by atoms with Crippen LogP contribution in [0.5, 0.6) is 0 Å². The number of nitrogens with two attached hydrogens (primary N) is 1. The Balaban J connectivity index is 2.51. The van der Waals surface area contributed by atoms with Crippen LogP contribution in [0.3, 0.4) is 0 Å². The molecule has 0 heterocycles. The molecule has 0 radical (unpaired) electrons. The molecule has 84 valence electrons. The van der Waals surface area contributed by atoms with E-state index in [4.69, 9.17) is 5.73 Å². The molecule has 0 fully saturated rings. The average molecular weight is 205 g/mol. The molecule has 15 heavy (non-hydrogen) atoms. The van der Waals surface area contributed by atoms with Gasteiger partial charge in [-0.15, -0.1) is 0 Å². The molecule has 0 saturated carbocycles. The van der Waals surface area contributed by atoms with Gasteiger partial charge in [-0.25, -0.2) is 0 Å². The minimum absolute atomic E-state index is 0.424. The number of nitrogen functional groups attached to an aromatic ring is 1. The van der Waals surface area contributed by atoms with Crippen LogP contribution in [-0.4, -0.2) is 0 Å². The topological polar surface area (TPSA) is 26.0 Å². The molecule has 0 spiro atoms. The number of rotatable bonds is 3. The van der Waals surface area contributed by atoms with Crippen LogP contribution in [0.1, 0.15) is 39.7 Å². The number of anilines is 1. The Morgan fingerprint density at radius 1 is 1.13 bits per heavy atom. The molecule has 2 N–H and O–H groups in total. The lowest BCUT2D eigenvalue weighted by atomic mass is 9.83. The molecule has 0 aliphatic heterocycles. The van der Waals surface area contributed by atoms with E-state index in [0.717, 1.165) is 18.0 Å². The van der Waals surface area contributed by atoms with E-state index in [-0.39, 0.29) is 0 Å². The van der Waals surface area contributed by atoms with Gasteiger partial charge in [0.2, 0.25) is 0 Å². The van der Waals surface area contributed by atoms with E-state index in [1.807, 2.05) is 12.1 Å². The first-order valence-corrected chi connectivity index (χ1v) is 5.71. The number of hydrogen-bond acceptors (Lipinski definition) is 1. The lowest BCUT2D eigenvalue weighted by Gasteiger charge is -2.23. The SMILES string of the molecule is CC(Cc1ccc(N)cc1)CC(C)(C)C. The lowest BCUT2D eigenvalue weighted by molar-refractivity contribution is 0.306. The summed E-state index contributed by atoms with van der Waals surface area (Å²) in [7, 11) is 0. The Labute approximate surface area is 93.7 Å². The van der Waals surface area contributed by atoms with Crippen LogP contribution in [0.4, 0.5) is 5.69 Å². The Bertz CT molecular complexity index is 292. The quantitative estimate of drug-likeness (QED) is 0.744. The summed E-state index contributed by atoms with van der Waals surface area (Å²) in [5, 5.41) is 0. The van der Waals surface area contributed by atoms with Gasteiger partial charge >= 0.3 is 0 Å². The fourth-order valence-electron chi connectivity index (χ4n) is 2.17. The molecule has 1 unspecified atom stereocenters. The summed E-state index contributed by atoms with van der Waals surface area (Å²) in [5.74, 6) is 0.730. The zero-order chi connectivity index (χ0) is 11.5. The highest BCUT2D eigenvalue weighted by molar-refractivity contribution is 5.39. The third kappa shape index (κ3) is 4.87. The van der Waals surface area contributed by atoms with Crippen molar-refractivity contribution >= 4 is 5.69 Å². The van der Waals surface area contributed by atoms with Crippen LogP contribution in [-0.2, 0) is 6.42 Å². The van der Waals surface area contributed by atoms with Crippen molar-refractivity contribution in [1.29, 1.82) is 0 Å². The van der Waals surface area contributed by atoms with Gasteiger partial charge < -0.3 is 5.73 Å². The monoisotopic (exact) mass is 205 g/mol. The van der Waals surface area contributed by atoms with Crippen LogP contribution in [0.2, 0.25) is 0 Å². The zero-order valence-electron chi connectivity index (χ0n) is 10.4. The molecule has 0 aliphatic carbocycles. The van der Waals surface area contributed by atoms with Gasteiger partial charge in [0.25, 0.3) is 0 Å². The summed E-state index contributed by atoms with van der Waals surface area (Å²) in [4.78, 5) is 0. The molecular formula is C14H23N. The molecule has 0 aliphatic rings. The summed E-state index contributed by atoms with van der Waals surface area (Å²) in [6.07, 6.45) is 2.41. The maximum Gasteiger partial charge on any atom is 0.0314 e. The van der Waals surface area contributed by atoms with Crippen molar-refractivity contribution in [2.45, 2.75) is 40.5 Å². The van der Waals surface area contributed by atoms with Gasteiger partial charge in [-0.3, -0.25) is 0 Å². The average Bonchev–Trinajstić information content (AvgIpc) is 2.05. The number of hydrogen-bond donors (Lipinski definition) is 1. The van der Waals surface area contributed by atoms with Gasteiger partial charge in [0, 0.05) is 5.69 Å². The van der Waals surface area contributed by atoms with E-state index in [1.54, 1.807) is 0 Å². The van der Waals surface area contributed by atoms with Gasteiger partial charge in [-0.05, 0) is 41.9 Å². The van der Waals surface area contributed by atoms with E-state index in [2.05, 4.69) is 39.8 Å². The van der Waals surface area contributed by atoms with E-state index < -0.39 is 0 Å². The fraction of sp³-hybridized carbons (Fsp3) is 0.571. The minimum Gasteiger partial charge on any atom is -0.399 e. The molecule has 0 saturated heterocycles. The summed E-state index contributed by atoms with van der Waals surface area (Å²) >= 11 is 0. The standard InChI is InChI=1S/C14H23N/c1-11(10-14(2,3)4)9-12-5-7-13(15)8-6-12/h5-8,11H,9-10,15H2,1-4H3. The molecule has 1 heteroatoms. The van der Waals surface area contributed by atoms with Gasteiger partial charge in [0.05, 0.1) is 0 Å². The van der Waals surface area contributed by atoms with Crippen molar-refractivity contribution in [2.24, 2.45) is 11.3 Å². The van der Waals surface area contributed by atoms with Crippen LogP contribution in [0, 0.1) is 11.3 Å². The second-order valence-electron chi connectivity index (χ2n) is 5.82. The van der Waals surface area contributed by atoms with Gasteiger partial charge in [0.1, 0.15) is 0 Å². The van der Waals surface area contributed by atoms with E-state index in [1.165, 1.54) is 12.0 Å². The van der Waals surface area contributed by atoms with Gasteiger partial charge in [-0.1, -0.05) is 39.8 Å². The summed E-state index contributed by atoms with van der Waals surface area (Å²) in [6, 6.07) is 8.24. The molecule has 1 aromatic carbocycles. The molecule has 1 rings (SSSR count). The van der Waals surface area contributed by atoms with Crippen molar-refractivity contribution in [2.75, 3.05) is 5.73 Å². The zero-order valence-corrected chi connectivity index (χ0v) is 10.4. The first-order chi connectivity index (χ1) is 6.87. The Morgan fingerprint density at radius 2 is 1.67 bits per heavy atom. The van der Waals surface area contributed by atoms with E-state index in [0.29, 0.717) is 5.41 Å². The second-order valence-corrected chi connectivity index (χ2v) is 5.82. The minimum atomic E-state index is 0.424. The van der Waals surface area contributed by atoms with Crippen LogP contribution < -0.4 is 5.73 Å². The largest absolute Gasteiger partial charge is 0.399 e. The van der Waals surface area contributed by atoms with Gasteiger partial charge in [-0.2, -0.15) is 0 Å². The smallest absolute Gasteiger partial charge is 0.0314 e. The summed E-state index contributed by atoms with van der Waals surface area (Å²) in [6.45, 7) is 9.22. The highest BCUT2D eigenvalue weighted by Crippen LogP contribution is 2.26. The predicted molar refractivity (Wildman–Crippen MR) is 67.8 cm³/mol. The molecule has 0 aromatic heterocycles. The third-order valence-electron chi connectivity index (χ3n) is 2.52. The Hall–Kier alpha value is -0.980. The molecule has 0 amide bonds. The third-order valence-corrected chi connectivity index (χ3v) is 2.52. The summed E-state index contributed by atoms with van der Waals surface area (Å²) in [5.41, 5.74) is 8.32. The van der Waals surface area contributed by atoms with E-state index >= 15 is 0 Å². The Kier molecular flexibility index (Phi) is 3.78. The summed E-state index contributed by atoms with van der Waals surface area (Å²) < 4.78 is 0. The maximum absolute atomic E-state index is 5.66. The van der Waals surface area contributed by atoms with E-state index in [9.17, 15) is 0 Å². The van der Waals surface area contributed by atoms with Gasteiger partial charge in [0.15, 0.2) is 0 Å². The van der Waals surface area contributed by atoms with Crippen molar-refractivity contribution < 1.29 is 0 Å². The first-order valence-electron chi connectivity index (χ1n) is 5.71. The second kappa shape index (κ2) is 4.69. The fourth-order valence-corrected chi connectivity index (χ4v) is 2.17. The normalized spacial score (nSPS) is 13.9. The molecule has 1 aromatic rings. The number of benzene rings is 1.